The van der Waals surface area contributed by atoms with Crippen LogP contribution in [0.5, 0.6) is 0 Å². The van der Waals surface area contributed by atoms with Crippen molar-refractivity contribution < 1.29 is 4.74 Å². The number of piperazine rings is 1. The molecule has 2 fully saturated rings. The number of ether oxygens (including phenoxy) is 1. The largest absolute Gasteiger partial charge is 0.385 e. The average molecular weight is 268 g/mol. The van der Waals surface area contributed by atoms with Crippen molar-refractivity contribution in [2.75, 3.05) is 33.4 Å². The summed E-state index contributed by atoms with van der Waals surface area (Å²) in [6.45, 7) is 11.9. The van der Waals surface area contributed by atoms with Crippen LogP contribution < -0.4 is 0 Å². The zero-order valence-corrected chi connectivity index (χ0v) is 13.3. The molecule has 0 spiro atoms. The summed E-state index contributed by atoms with van der Waals surface area (Å²) in [7, 11) is 1.81. The van der Waals surface area contributed by atoms with Crippen LogP contribution in [0.4, 0.5) is 0 Å². The number of rotatable bonds is 5. The normalized spacial score (nSPS) is 31.4. The lowest BCUT2D eigenvalue weighted by Gasteiger charge is -2.51. The van der Waals surface area contributed by atoms with Gasteiger partial charge in [0.05, 0.1) is 0 Å². The lowest BCUT2D eigenvalue weighted by atomic mass is 9.90. The molecule has 3 heteroatoms. The lowest BCUT2D eigenvalue weighted by Crippen LogP contribution is -2.62. The molecule has 0 aromatic heterocycles. The van der Waals surface area contributed by atoms with E-state index < -0.39 is 0 Å². The van der Waals surface area contributed by atoms with Crippen LogP contribution in [0.15, 0.2) is 0 Å². The van der Waals surface area contributed by atoms with Gasteiger partial charge in [-0.15, -0.1) is 0 Å². The Balaban J connectivity index is 2.01. The minimum Gasteiger partial charge on any atom is -0.385 e. The Morgan fingerprint density at radius 1 is 1.16 bits per heavy atom. The molecule has 3 atom stereocenters. The van der Waals surface area contributed by atoms with Gasteiger partial charge in [0.1, 0.15) is 0 Å². The summed E-state index contributed by atoms with van der Waals surface area (Å²) in [5.41, 5.74) is 0. The molecule has 0 amide bonds. The maximum Gasteiger partial charge on any atom is 0.0477 e. The van der Waals surface area contributed by atoms with E-state index in [1.54, 1.807) is 0 Å². The molecule has 0 aromatic rings. The Labute approximate surface area is 119 Å². The Bertz CT molecular complexity index is 269. The molecule has 2 heterocycles. The zero-order valence-electron chi connectivity index (χ0n) is 13.3. The zero-order chi connectivity index (χ0) is 13.8. The van der Waals surface area contributed by atoms with Gasteiger partial charge in [-0.2, -0.15) is 0 Å². The van der Waals surface area contributed by atoms with Crippen LogP contribution in [0.2, 0.25) is 0 Å². The van der Waals surface area contributed by atoms with Gasteiger partial charge >= 0.3 is 0 Å². The molecule has 0 radical (unpaired) electrons. The van der Waals surface area contributed by atoms with Crippen molar-refractivity contribution in [3.8, 4) is 0 Å². The summed E-state index contributed by atoms with van der Waals surface area (Å²) in [6, 6.07) is 2.19. The lowest BCUT2D eigenvalue weighted by molar-refractivity contribution is -0.0316. The first kappa shape index (κ1) is 15.3. The molecule has 19 heavy (non-hydrogen) atoms. The summed E-state index contributed by atoms with van der Waals surface area (Å²) in [5.74, 6) is 0.743. The molecule has 2 aliphatic heterocycles. The van der Waals surface area contributed by atoms with E-state index in [9.17, 15) is 0 Å². The highest BCUT2D eigenvalue weighted by Crippen LogP contribution is 2.29. The molecule has 3 unspecified atom stereocenters. The third kappa shape index (κ3) is 3.71. The molecular formula is C16H32N2O. The summed E-state index contributed by atoms with van der Waals surface area (Å²) in [5, 5.41) is 0. The minimum atomic E-state index is 0.649. The molecule has 0 bridgehead atoms. The van der Waals surface area contributed by atoms with Gasteiger partial charge in [-0.1, -0.05) is 20.3 Å². The SMILES string of the molecule is COCCC(C)N1CC2CCCCN2CC1C(C)C. The summed E-state index contributed by atoms with van der Waals surface area (Å²) in [4.78, 5) is 5.53. The van der Waals surface area contributed by atoms with Gasteiger partial charge in [0, 0.05) is 44.9 Å². The molecule has 2 aliphatic rings. The quantitative estimate of drug-likeness (QED) is 0.762. The van der Waals surface area contributed by atoms with Crippen molar-refractivity contribution in [1.29, 1.82) is 0 Å². The number of methoxy groups -OCH3 is 1. The van der Waals surface area contributed by atoms with E-state index in [2.05, 4.69) is 30.6 Å². The standard InChI is InChI=1S/C16H32N2O/c1-13(2)16-12-17-9-6-5-7-15(17)11-18(16)14(3)8-10-19-4/h13-16H,5-12H2,1-4H3. The van der Waals surface area contributed by atoms with Crippen molar-refractivity contribution in [2.45, 2.75) is 64.6 Å². The molecule has 0 saturated carbocycles. The number of fused-ring (bicyclic) bond motifs is 1. The second-order valence-corrected chi connectivity index (χ2v) is 6.78. The first-order valence-corrected chi connectivity index (χ1v) is 8.12. The average Bonchev–Trinajstić information content (AvgIpc) is 2.43. The Morgan fingerprint density at radius 3 is 2.63 bits per heavy atom. The van der Waals surface area contributed by atoms with Crippen molar-refractivity contribution in [2.24, 2.45) is 5.92 Å². The van der Waals surface area contributed by atoms with E-state index in [0.29, 0.717) is 6.04 Å². The van der Waals surface area contributed by atoms with E-state index in [1.807, 2.05) is 7.11 Å². The van der Waals surface area contributed by atoms with Crippen LogP contribution in [-0.2, 0) is 4.74 Å². The Morgan fingerprint density at radius 2 is 1.95 bits per heavy atom. The number of hydrogen-bond donors (Lipinski definition) is 0. The van der Waals surface area contributed by atoms with Crippen molar-refractivity contribution in [3.63, 3.8) is 0 Å². The van der Waals surface area contributed by atoms with Crippen molar-refractivity contribution in [1.82, 2.24) is 9.80 Å². The van der Waals surface area contributed by atoms with Crippen LogP contribution in [0.3, 0.4) is 0 Å². The fraction of sp³-hybridized carbons (Fsp3) is 1.00. The second kappa shape index (κ2) is 7.05. The fourth-order valence-corrected chi connectivity index (χ4v) is 3.79. The van der Waals surface area contributed by atoms with Gasteiger partial charge in [0.15, 0.2) is 0 Å². The summed E-state index contributed by atoms with van der Waals surface area (Å²) < 4.78 is 5.27. The Kier molecular flexibility index (Phi) is 5.67. The molecule has 2 saturated heterocycles. The van der Waals surface area contributed by atoms with Crippen LogP contribution in [0.1, 0.15) is 46.5 Å². The monoisotopic (exact) mass is 268 g/mol. The van der Waals surface area contributed by atoms with Crippen LogP contribution in [-0.4, -0.2) is 61.3 Å². The number of piperidine rings is 1. The summed E-state index contributed by atoms with van der Waals surface area (Å²) >= 11 is 0. The highest BCUT2D eigenvalue weighted by Gasteiger charge is 2.37. The smallest absolute Gasteiger partial charge is 0.0477 e. The third-order valence-electron chi connectivity index (χ3n) is 5.09. The first-order chi connectivity index (χ1) is 9.13. The molecule has 0 aliphatic carbocycles. The van der Waals surface area contributed by atoms with Gasteiger partial charge in [0.25, 0.3) is 0 Å². The maximum absolute atomic E-state index is 5.27. The van der Waals surface area contributed by atoms with Gasteiger partial charge < -0.3 is 4.74 Å². The van der Waals surface area contributed by atoms with Gasteiger partial charge in [-0.25, -0.2) is 0 Å². The van der Waals surface area contributed by atoms with Crippen LogP contribution >= 0.6 is 0 Å². The second-order valence-electron chi connectivity index (χ2n) is 6.78. The predicted molar refractivity (Wildman–Crippen MR) is 80.5 cm³/mol. The first-order valence-electron chi connectivity index (χ1n) is 8.12. The predicted octanol–water partition coefficient (Wildman–Crippen LogP) is 2.61. The van der Waals surface area contributed by atoms with Crippen molar-refractivity contribution in [3.05, 3.63) is 0 Å². The fourth-order valence-electron chi connectivity index (χ4n) is 3.79. The van der Waals surface area contributed by atoms with Crippen LogP contribution in [0.25, 0.3) is 0 Å². The van der Waals surface area contributed by atoms with Crippen molar-refractivity contribution >= 4 is 0 Å². The minimum absolute atomic E-state index is 0.649. The van der Waals surface area contributed by atoms with E-state index in [-0.39, 0.29) is 0 Å². The van der Waals surface area contributed by atoms with E-state index in [4.69, 9.17) is 4.74 Å². The molecule has 3 nitrogen and oxygen atoms in total. The number of hydrogen-bond acceptors (Lipinski definition) is 3. The topological polar surface area (TPSA) is 15.7 Å². The molecule has 112 valence electrons. The summed E-state index contributed by atoms with van der Waals surface area (Å²) in [6.07, 6.45) is 5.39. The highest BCUT2D eigenvalue weighted by molar-refractivity contribution is 4.93. The van der Waals surface area contributed by atoms with Crippen LogP contribution in [0, 0.1) is 5.92 Å². The van der Waals surface area contributed by atoms with E-state index in [0.717, 1.165) is 31.0 Å². The van der Waals surface area contributed by atoms with E-state index in [1.165, 1.54) is 38.9 Å². The molecule has 2 rings (SSSR count). The molecule has 0 aromatic carbocycles. The third-order valence-corrected chi connectivity index (χ3v) is 5.09. The molecular weight excluding hydrogens is 236 g/mol. The van der Waals surface area contributed by atoms with E-state index >= 15 is 0 Å². The Hall–Kier alpha value is -0.120. The van der Waals surface area contributed by atoms with Gasteiger partial charge in [0.2, 0.25) is 0 Å². The maximum atomic E-state index is 5.27. The number of nitrogens with zero attached hydrogens (tertiary/aromatic N) is 2. The van der Waals surface area contributed by atoms with Gasteiger partial charge in [-0.05, 0) is 38.6 Å². The van der Waals surface area contributed by atoms with Gasteiger partial charge in [-0.3, -0.25) is 9.80 Å². The molecule has 0 N–H and O–H groups in total. The highest BCUT2D eigenvalue weighted by atomic mass is 16.5.